The Hall–Kier alpha value is -1.92. The second-order valence-electron chi connectivity index (χ2n) is 10.7. The van der Waals surface area contributed by atoms with Crippen molar-refractivity contribution in [1.82, 2.24) is 14.8 Å². The van der Waals surface area contributed by atoms with E-state index in [9.17, 15) is 4.79 Å². The van der Waals surface area contributed by atoms with Crippen molar-refractivity contribution in [1.29, 1.82) is 0 Å². The number of likely N-dealkylation sites (tertiary alicyclic amines) is 1. The fraction of sp³-hybridized carbons (Fsp3) is 0.600. The highest BCUT2D eigenvalue weighted by atomic mass is 32.1. The van der Waals surface area contributed by atoms with Gasteiger partial charge in [-0.2, -0.15) is 0 Å². The van der Waals surface area contributed by atoms with Gasteiger partial charge in [0.25, 0.3) is 0 Å². The molecule has 2 atom stereocenters. The minimum absolute atomic E-state index is 0.117. The van der Waals surface area contributed by atoms with Gasteiger partial charge in [-0.15, -0.1) is 11.3 Å². The zero-order chi connectivity index (χ0) is 22.6. The van der Waals surface area contributed by atoms with Crippen molar-refractivity contribution in [2.24, 2.45) is 5.92 Å². The summed E-state index contributed by atoms with van der Waals surface area (Å²) < 4.78 is 6.90. The number of aromatic nitrogens is 1. The lowest BCUT2D eigenvalue weighted by molar-refractivity contribution is 0.0327. The number of thiazole rings is 1. The molecule has 0 saturated carbocycles. The summed E-state index contributed by atoms with van der Waals surface area (Å²) in [6.45, 7) is 14.3. The molecule has 5 nitrogen and oxygen atoms in total. The SMILES string of the molecule is C[C@H]1CC=C(c2ccc3sc(C4CCN(C)C4(C)C)nc3c2)N(C(=O)OC(C)(C)C)C1. The maximum atomic E-state index is 12.9. The maximum absolute atomic E-state index is 12.9. The average molecular weight is 442 g/mol. The fourth-order valence-corrected chi connectivity index (χ4v) is 5.84. The van der Waals surface area contributed by atoms with Crippen LogP contribution in [0.25, 0.3) is 15.9 Å². The maximum Gasteiger partial charge on any atom is 0.414 e. The van der Waals surface area contributed by atoms with Gasteiger partial charge >= 0.3 is 6.09 Å². The van der Waals surface area contributed by atoms with E-state index in [0.29, 0.717) is 18.4 Å². The molecule has 1 aromatic heterocycles. The van der Waals surface area contributed by atoms with Crippen LogP contribution in [-0.4, -0.2) is 52.2 Å². The summed E-state index contributed by atoms with van der Waals surface area (Å²) in [6.07, 6.45) is 3.99. The number of rotatable bonds is 2. The van der Waals surface area contributed by atoms with Crippen molar-refractivity contribution in [3.63, 3.8) is 0 Å². The van der Waals surface area contributed by atoms with Gasteiger partial charge in [0.1, 0.15) is 5.60 Å². The summed E-state index contributed by atoms with van der Waals surface area (Å²) in [7, 11) is 2.20. The monoisotopic (exact) mass is 441 g/mol. The fourth-order valence-electron chi connectivity index (χ4n) is 4.58. The Bertz CT molecular complexity index is 1020. The Labute approximate surface area is 190 Å². The van der Waals surface area contributed by atoms with Crippen molar-refractivity contribution in [2.45, 2.75) is 71.4 Å². The van der Waals surface area contributed by atoms with Crippen LogP contribution in [0.1, 0.15) is 70.9 Å². The van der Waals surface area contributed by atoms with Crippen LogP contribution >= 0.6 is 11.3 Å². The molecule has 6 heteroatoms. The Morgan fingerprint density at radius 3 is 2.68 bits per heavy atom. The molecule has 0 aliphatic carbocycles. The van der Waals surface area contributed by atoms with E-state index in [-0.39, 0.29) is 11.6 Å². The average Bonchev–Trinajstić information content (AvgIpc) is 3.19. The first-order valence-corrected chi connectivity index (χ1v) is 12.1. The van der Waals surface area contributed by atoms with E-state index in [1.807, 2.05) is 32.1 Å². The molecule has 0 spiro atoms. The summed E-state index contributed by atoms with van der Waals surface area (Å²) >= 11 is 1.81. The van der Waals surface area contributed by atoms with Gasteiger partial charge in [-0.05, 0) is 79.1 Å². The van der Waals surface area contributed by atoms with E-state index in [2.05, 4.69) is 57.0 Å². The summed E-state index contributed by atoms with van der Waals surface area (Å²) in [6, 6.07) is 6.42. The molecule has 0 bridgehead atoms. The Morgan fingerprint density at radius 1 is 1.29 bits per heavy atom. The number of likely N-dealkylation sites (N-methyl/N-ethyl adjacent to an activating group) is 1. The Morgan fingerprint density at radius 2 is 2.03 bits per heavy atom. The molecule has 1 fully saturated rings. The molecule has 168 valence electrons. The van der Waals surface area contributed by atoms with Gasteiger partial charge in [-0.3, -0.25) is 4.90 Å². The quantitative estimate of drug-likeness (QED) is 0.564. The number of ether oxygens (including phenoxy) is 1. The second-order valence-corrected chi connectivity index (χ2v) is 11.7. The topological polar surface area (TPSA) is 45.7 Å². The number of nitrogens with zero attached hydrogens (tertiary/aromatic N) is 3. The van der Waals surface area contributed by atoms with Crippen LogP contribution in [-0.2, 0) is 4.74 Å². The number of fused-ring (bicyclic) bond motifs is 1. The third-order valence-corrected chi connectivity index (χ3v) is 7.85. The predicted octanol–water partition coefficient (Wildman–Crippen LogP) is 6.11. The predicted molar refractivity (Wildman–Crippen MR) is 128 cm³/mol. The van der Waals surface area contributed by atoms with Crippen LogP contribution in [0, 0.1) is 5.92 Å². The van der Waals surface area contributed by atoms with Crippen LogP contribution in [0.4, 0.5) is 4.79 Å². The molecule has 1 amide bonds. The number of hydrogen-bond acceptors (Lipinski definition) is 5. The van der Waals surface area contributed by atoms with Gasteiger partial charge < -0.3 is 9.64 Å². The third kappa shape index (κ3) is 4.37. The van der Waals surface area contributed by atoms with E-state index >= 15 is 0 Å². The Balaban J connectivity index is 1.66. The molecule has 31 heavy (non-hydrogen) atoms. The van der Waals surface area contributed by atoms with Gasteiger partial charge in [0, 0.05) is 23.6 Å². The lowest BCUT2D eigenvalue weighted by Crippen LogP contribution is -2.39. The van der Waals surface area contributed by atoms with Crippen LogP contribution < -0.4 is 0 Å². The Kier molecular flexibility index (Phi) is 5.67. The smallest absolute Gasteiger partial charge is 0.414 e. The first-order valence-electron chi connectivity index (χ1n) is 11.3. The van der Waals surface area contributed by atoms with E-state index in [1.165, 1.54) is 9.71 Å². The van der Waals surface area contributed by atoms with Gasteiger partial charge in [-0.1, -0.05) is 19.1 Å². The van der Waals surface area contributed by atoms with Crippen molar-refractivity contribution in [2.75, 3.05) is 20.1 Å². The second kappa shape index (κ2) is 7.89. The highest BCUT2D eigenvalue weighted by molar-refractivity contribution is 7.18. The molecule has 1 saturated heterocycles. The zero-order valence-corrected chi connectivity index (χ0v) is 20.7. The molecule has 0 N–H and O–H groups in total. The van der Waals surface area contributed by atoms with E-state index < -0.39 is 5.60 Å². The molecule has 1 aromatic carbocycles. The standard InChI is InChI=1S/C25H35N3O2S/c1-16-8-10-20(28(15-16)23(29)30-24(2,3)4)17-9-11-21-19(14-17)26-22(31-21)18-12-13-27(7)25(18,5)6/h9-11,14,16,18H,8,12-13,15H2,1-7H3/t16-,18?/m0/s1. The molecular weight excluding hydrogens is 406 g/mol. The van der Waals surface area contributed by atoms with E-state index in [4.69, 9.17) is 9.72 Å². The number of carbonyl (C=O) groups is 1. The number of allylic oxidation sites excluding steroid dienone is 1. The molecular formula is C25H35N3O2S. The lowest BCUT2D eigenvalue weighted by Gasteiger charge is -2.33. The van der Waals surface area contributed by atoms with Crippen LogP contribution in [0.2, 0.25) is 0 Å². The molecule has 4 rings (SSSR count). The highest BCUT2D eigenvalue weighted by Gasteiger charge is 2.41. The van der Waals surface area contributed by atoms with Crippen LogP contribution in [0.3, 0.4) is 0 Å². The summed E-state index contributed by atoms with van der Waals surface area (Å²) in [5, 5.41) is 1.22. The normalized spacial score (nSPS) is 24.5. The molecule has 0 radical (unpaired) electrons. The number of hydrogen-bond donors (Lipinski definition) is 0. The largest absolute Gasteiger partial charge is 0.443 e. The first kappa shape index (κ1) is 22.3. The van der Waals surface area contributed by atoms with Gasteiger partial charge in [0.2, 0.25) is 0 Å². The van der Waals surface area contributed by atoms with E-state index in [1.54, 1.807) is 4.90 Å². The van der Waals surface area contributed by atoms with Crippen LogP contribution in [0.15, 0.2) is 24.3 Å². The minimum Gasteiger partial charge on any atom is -0.443 e. The van der Waals surface area contributed by atoms with E-state index in [0.717, 1.165) is 36.2 Å². The number of benzene rings is 1. The molecule has 1 unspecified atom stereocenters. The first-order chi connectivity index (χ1) is 14.5. The summed E-state index contributed by atoms with van der Waals surface area (Å²) in [4.78, 5) is 22.2. The van der Waals surface area contributed by atoms with Crippen molar-refractivity contribution < 1.29 is 9.53 Å². The lowest BCUT2D eigenvalue weighted by atomic mass is 9.89. The molecule has 2 aliphatic rings. The molecule has 2 aromatic rings. The zero-order valence-electron chi connectivity index (χ0n) is 19.9. The molecule has 2 aliphatic heterocycles. The number of amides is 1. The summed E-state index contributed by atoms with van der Waals surface area (Å²) in [5.74, 6) is 0.860. The van der Waals surface area contributed by atoms with Gasteiger partial charge in [0.15, 0.2) is 0 Å². The van der Waals surface area contributed by atoms with Crippen molar-refractivity contribution in [3.05, 3.63) is 34.8 Å². The summed E-state index contributed by atoms with van der Waals surface area (Å²) in [5.41, 5.74) is 2.59. The van der Waals surface area contributed by atoms with Crippen LogP contribution in [0.5, 0.6) is 0 Å². The van der Waals surface area contributed by atoms with Crippen molar-refractivity contribution in [3.8, 4) is 0 Å². The van der Waals surface area contributed by atoms with Crippen molar-refractivity contribution >= 4 is 33.3 Å². The highest BCUT2D eigenvalue weighted by Crippen LogP contribution is 2.43. The minimum atomic E-state index is -0.516. The van der Waals surface area contributed by atoms with Gasteiger partial charge in [0.05, 0.1) is 20.9 Å². The third-order valence-electron chi connectivity index (χ3n) is 6.70. The molecule has 3 heterocycles. The van der Waals surface area contributed by atoms with Gasteiger partial charge in [-0.25, -0.2) is 9.78 Å². The number of carbonyl (C=O) groups excluding carboxylic acids is 1.